The van der Waals surface area contributed by atoms with Gasteiger partial charge < -0.3 is 5.32 Å². The molecule has 2 amide bonds. The van der Waals surface area contributed by atoms with E-state index in [0.717, 1.165) is 19.3 Å². The lowest BCUT2D eigenvalue weighted by atomic mass is 10.1. The van der Waals surface area contributed by atoms with Crippen molar-refractivity contribution in [3.63, 3.8) is 0 Å². The number of unbranched alkanes of at least 4 members (excludes halogenated alkanes) is 9. The van der Waals surface area contributed by atoms with Crippen LogP contribution in [-0.2, 0) is 6.54 Å². The quantitative estimate of drug-likeness (QED) is 0.470. The van der Waals surface area contributed by atoms with Crippen LogP contribution >= 0.6 is 0 Å². The van der Waals surface area contributed by atoms with E-state index in [1.54, 1.807) is 16.8 Å². The van der Waals surface area contributed by atoms with Crippen molar-refractivity contribution < 1.29 is 4.79 Å². The molecule has 0 spiro atoms. The second kappa shape index (κ2) is 14.3. The van der Waals surface area contributed by atoms with Gasteiger partial charge in [0.2, 0.25) is 0 Å². The maximum atomic E-state index is 12.0. The molecule has 0 aliphatic carbocycles. The van der Waals surface area contributed by atoms with Gasteiger partial charge in [0.1, 0.15) is 5.82 Å². The average Bonchev–Trinajstić information content (AvgIpc) is 2.63. The van der Waals surface area contributed by atoms with Crippen LogP contribution in [0.1, 0.15) is 84.5 Å². The summed E-state index contributed by atoms with van der Waals surface area (Å²) in [4.78, 5) is 27.5. The van der Waals surface area contributed by atoms with Crippen molar-refractivity contribution >= 4 is 11.8 Å². The van der Waals surface area contributed by atoms with Gasteiger partial charge in [-0.2, -0.15) is 4.98 Å². The van der Waals surface area contributed by atoms with E-state index >= 15 is 0 Å². The summed E-state index contributed by atoms with van der Waals surface area (Å²) in [5, 5.41) is 5.27. The van der Waals surface area contributed by atoms with Crippen molar-refractivity contribution in [2.24, 2.45) is 0 Å². The average molecular weight is 365 g/mol. The summed E-state index contributed by atoms with van der Waals surface area (Å²) in [5.41, 5.74) is -0.311. The summed E-state index contributed by atoms with van der Waals surface area (Å²) in [6, 6.07) is 1.34. The summed E-state index contributed by atoms with van der Waals surface area (Å²) in [6.07, 6.45) is 15.3. The largest absolute Gasteiger partial charge is 0.349 e. The fourth-order valence-electron chi connectivity index (χ4n) is 2.84. The Bertz CT molecular complexity index is 557. The van der Waals surface area contributed by atoms with Crippen molar-refractivity contribution in [2.45, 2.75) is 91.0 Å². The fourth-order valence-corrected chi connectivity index (χ4v) is 2.84. The summed E-state index contributed by atoms with van der Waals surface area (Å²) in [6.45, 7) is 5.51. The SMILES string of the molecule is CCCCCCCCCCCCn1ccc(NC(=O)NCCC)nc1=O. The Morgan fingerprint density at radius 3 is 2.15 bits per heavy atom. The van der Waals surface area contributed by atoms with Gasteiger partial charge in [0.25, 0.3) is 0 Å². The number of nitrogens with one attached hydrogen (secondary N) is 2. The summed E-state index contributed by atoms with van der Waals surface area (Å²) in [5.74, 6) is 0.294. The van der Waals surface area contributed by atoms with Gasteiger partial charge in [-0.3, -0.25) is 9.88 Å². The van der Waals surface area contributed by atoms with Gasteiger partial charge in [-0.05, 0) is 18.9 Å². The Hall–Kier alpha value is -1.85. The highest BCUT2D eigenvalue weighted by Gasteiger charge is 2.04. The number of anilines is 1. The van der Waals surface area contributed by atoms with Gasteiger partial charge in [0.05, 0.1) is 0 Å². The molecular weight excluding hydrogens is 328 g/mol. The molecule has 0 unspecified atom stereocenters. The minimum atomic E-state index is -0.328. The molecule has 0 radical (unpaired) electrons. The first-order chi connectivity index (χ1) is 12.7. The molecule has 0 bridgehead atoms. The van der Waals surface area contributed by atoms with Crippen LogP contribution in [-0.4, -0.2) is 22.1 Å². The van der Waals surface area contributed by atoms with E-state index in [9.17, 15) is 9.59 Å². The number of rotatable bonds is 14. The summed E-state index contributed by atoms with van der Waals surface area (Å²) >= 11 is 0. The zero-order valence-electron chi connectivity index (χ0n) is 16.6. The van der Waals surface area contributed by atoms with Gasteiger partial charge in [0.15, 0.2) is 0 Å². The Kier molecular flexibility index (Phi) is 12.2. The highest BCUT2D eigenvalue weighted by atomic mass is 16.2. The number of nitrogens with zero attached hydrogens (tertiary/aromatic N) is 2. The Balaban J connectivity index is 2.17. The Morgan fingerprint density at radius 2 is 1.58 bits per heavy atom. The number of carbonyl (C=O) groups excluding carboxylic acids is 1. The lowest BCUT2D eigenvalue weighted by Gasteiger charge is -2.08. The molecule has 6 heteroatoms. The maximum absolute atomic E-state index is 12.0. The molecule has 0 saturated heterocycles. The molecule has 26 heavy (non-hydrogen) atoms. The molecule has 0 fully saturated rings. The smallest absolute Gasteiger partial charge is 0.338 e. The molecular formula is C20H36N4O2. The molecule has 148 valence electrons. The molecule has 1 rings (SSSR count). The third-order valence-electron chi connectivity index (χ3n) is 4.40. The minimum Gasteiger partial charge on any atom is -0.338 e. The van der Waals surface area contributed by atoms with Gasteiger partial charge in [-0.1, -0.05) is 71.6 Å². The van der Waals surface area contributed by atoms with Gasteiger partial charge in [-0.15, -0.1) is 0 Å². The third kappa shape index (κ3) is 10.2. The molecule has 1 aromatic rings. The molecule has 0 aliphatic heterocycles. The highest BCUT2D eigenvalue weighted by molar-refractivity contribution is 5.87. The van der Waals surface area contributed by atoms with Crippen LogP contribution in [0.3, 0.4) is 0 Å². The van der Waals surface area contributed by atoms with Gasteiger partial charge >= 0.3 is 11.7 Å². The van der Waals surface area contributed by atoms with Crippen molar-refractivity contribution in [1.29, 1.82) is 0 Å². The van der Waals surface area contributed by atoms with E-state index in [4.69, 9.17) is 0 Å². The van der Waals surface area contributed by atoms with Crippen molar-refractivity contribution in [3.05, 3.63) is 22.7 Å². The summed E-state index contributed by atoms with van der Waals surface area (Å²) < 4.78 is 1.61. The van der Waals surface area contributed by atoms with Crippen LogP contribution in [0.25, 0.3) is 0 Å². The zero-order chi connectivity index (χ0) is 19.0. The van der Waals surface area contributed by atoms with Crippen LogP contribution in [0.4, 0.5) is 10.6 Å². The molecule has 1 heterocycles. The van der Waals surface area contributed by atoms with Crippen LogP contribution in [0.5, 0.6) is 0 Å². The number of aromatic nitrogens is 2. The lowest BCUT2D eigenvalue weighted by Crippen LogP contribution is -2.31. The molecule has 0 atom stereocenters. The fraction of sp³-hybridized carbons (Fsp3) is 0.750. The number of carbonyl (C=O) groups is 1. The molecule has 0 aromatic carbocycles. The number of aryl methyl sites for hydroxylation is 1. The predicted molar refractivity (Wildman–Crippen MR) is 108 cm³/mol. The monoisotopic (exact) mass is 364 g/mol. The van der Waals surface area contributed by atoms with Gasteiger partial charge in [-0.25, -0.2) is 9.59 Å². The zero-order valence-corrected chi connectivity index (χ0v) is 16.6. The normalized spacial score (nSPS) is 10.7. The van der Waals surface area contributed by atoms with Crippen LogP contribution < -0.4 is 16.3 Å². The maximum Gasteiger partial charge on any atom is 0.349 e. The molecule has 2 N–H and O–H groups in total. The number of urea groups is 1. The Morgan fingerprint density at radius 1 is 0.962 bits per heavy atom. The first-order valence-electron chi connectivity index (χ1n) is 10.3. The van der Waals surface area contributed by atoms with Crippen LogP contribution in [0.2, 0.25) is 0 Å². The third-order valence-corrected chi connectivity index (χ3v) is 4.40. The molecule has 6 nitrogen and oxygen atoms in total. The predicted octanol–water partition coefficient (Wildman–Crippen LogP) is 4.70. The van der Waals surface area contributed by atoms with E-state index in [0.29, 0.717) is 18.9 Å². The summed E-state index contributed by atoms with van der Waals surface area (Å²) in [7, 11) is 0. The Labute approximate surface area is 157 Å². The number of hydrogen-bond acceptors (Lipinski definition) is 3. The highest BCUT2D eigenvalue weighted by Crippen LogP contribution is 2.10. The van der Waals surface area contributed by atoms with Crippen molar-refractivity contribution in [3.8, 4) is 0 Å². The first kappa shape index (κ1) is 22.2. The lowest BCUT2D eigenvalue weighted by molar-refractivity contribution is 0.252. The number of amides is 2. The van der Waals surface area contributed by atoms with E-state index in [1.165, 1.54) is 51.4 Å². The van der Waals surface area contributed by atoms with Gasteiger partial charge in [0, 0.05) is 19.3 Å². The van der Waals surface area contributed by atoms with Crippen LogP contribution in [0.15, 0.2) is 17.1 Å². The molecule has 0 aliphatic rings. The number of hydrogen-bond donors (Lipinski definition) is 2. The topological polar surface area (TPSA) is 76.0 Å². The first-order valence-corrected chi connectivity index (χ1v) is 10.3. The minimum absolute atomic E-state index is 0.294. The molecule has 1 aromatic heterocycles. The van der Waals surface area contributed by atoms with E-state index in [2.05, 4.69) is 22.5 Å². The van der Waals surface area contributed by atoms with Crippen molar-refractivity contribution in [1.82, 2.24) is 14.9 Å². The van der Waals surface area contributed by atoms with Crippen molar-refractivity contribution in [2.75, 3.05) is 11.9 Å². The second-order valence-corrected chi connectivity index (χ2v) is 6.85. The van der Waals surface area contributed by atoms with E-state index in [-0.39, 0.29) is 11.7 Å². The molecule has 0 saturated carbocycles. The van der Waals surface area contributed by atoms with E-state index in [1.807, 2.05) is 6.92 Å². The van der Waals surface area contributed by atoms with Crippen LogP contribution in [0, 0.1) is 0 Å². The second-order valence-electron chi connectivity index (χ2n) is 6.85. The standard InChI is InChI=1S/C20H36N4O2/c1-3-5-6-7-8-9-10-11-12-13-16-24-17-14-18(23-20(24)26)22-19(25)21-15-4-2/h14,17H,3-13,15-16H2,1-2H3,(H2,21,22,23,25,26). The van der Waals surface area contributed by atoms with E-state index < -0.39 is 0 Å².